The number of alkyl halides is 5. The molecule has 5 heterocycles. The third-order valence-electron chi connectivity index (χ3n) is 5.92. The lowest BCUT2D eigenvalue weighted by Gasteiger charge is -2.22. The molecule has 0 amide bonds. The highest BCUT2D eigenvalue weighted by atomic mass is 19.4. The molecule has 0 bridgehead atoms. The highest BCUT2D eigenvalue weighted by Gasteiger charge is 2.47. The van der Waals surface area contributed by atoms with E-state index in [9.17, 15) is 22.0 Å². The second-order valence-electron chi connectivity index (χ2n) is 8.08. The van der Waals surface area contributed by atoms with Crippen molar-refractivity contribution in [2.24, 2.45) is 5.92 Å². The summed E-state index contributed by atoms with van der Waals surface area (Å²) in [6.07, 6.45) is 1.44. The first-order valence-corrected chi connectivity index (χ1v) is 10.6. The van der Waals surface area contributed by atoms with Crippen LogP contribution in [0.4, 0.5) is 27.8 Å². The Labute approximate surface area is 195 Å². The van der Waals surface area contributed by atoms with Gasteiger partial charge in [-0.2, -0.15) is 27.1 Å². The van der Waals surface area contributed by atoms with E-state index in [1.54, 1.807) is 41.1 Å². The van der Waals surface area contributed by atoms with Gasteiger partial charge in [-0.25, -0.2) is 14.6 Å². The van der Waals surface area contributed by atoms with Crippen molar-refractivity contribution in [1.82, 2.24) is 29.5 Å². The maximum absolute atomic E-state index is 13.3. The van der Waals surface area contributed by atoms with Crippen molar-refractivity contribution in [2.75, 3.05) is 25.5 Å². The molecule has 0 radical (unpaired) electrons. The molecule has 8 nitrogen and oxygen atoms in total. The van der Waals surface area contributed by atoms with Crippen molar-refractivity contribution < 1.29 is 26.7 Å². The first-order chi connectivity index (χ1) is 16.7. The Hall–Kier alpha value is -3.74. The van der Waals surface area contributed by atoms with Gasteiger partial charge in [-0.05, 0) is 12.1 Å². The molecule has 1 aliphatic heterocycles. The molecule has 2 N–H and O–H groups in total. The number of ether oxygens (including phenoxy) is 1. The van der Waals surface area contributed by atoms with Crippen molar-refractivity contribution in [2.45, 2.75) is 18.8 Å². The molecule has 2 atom stereocenters. The van der Waals surface area contributed by atoms with Gasteiger partial charge in [0.05, 0.1) is 42.9 Å². The van der Waals surface area contributed by atoms with Crippen molar-refractivity contribution in [1.29, 1.82) is 0 Å². The fourth-order valence-corrected chi connectivity index (χ4v) is 4.19. The minimum Gasteiger partial charge on any atom is -0.496 e. The number of rotatable bonds is 6. The van der Waals surface area contributed by atoms with Gasteiger partial charge in [0.2, 0.25) is 0 Å². The van der Waals surface area contributed by atoms with Crippen LogP contribution in [0.5, 0.6) is 5.75 Å². The van der Waals surface area contributed by atoms with E-state index in [1.807, 2.05) is 0 Å². The summed E-state index contributed by atoms with van der Waals surface area (Å²) in [5.41, 5.74) is 2.46. The standard InChI is InChI=1S/C22H20F5N7O/c1-35-18-5-20-29-9-17(33(20)11-13(18)12-6-30-34(10-12)21(23)24)15-3-2-4-19(31-15)32-16-8-28-7-14(16)22(25,26)27/h2-6,9-11,14,16,21,28H,7-8H2,1H3,(H,31,32). The molecule has 0 saturated carbocycles. The molecule has 4 aromatic rings. The molecular formula is C22H20F5N7O. The Morgan fingerprint density at radius 1 is 1.17 bits per heavy atom. The van der Waals surface area contributed by atoms with Crippen LogP contribution in [-0.2, 0) is 0 Å². The van der Waals surface area contributed by atoms with Gasteiger partial charge in [0.25, 0.3) is 0 Å². The molecule has 184 valence electrons. The van der Waals surface area contributed by atoms with E-state index in [0.717, 1.165) is 0 Å². The van der Waals surface area contributed by atoms with E-state index < -0.39 is 24.7 Å². The molecule has 35 heavy (non-hydrogen) atoms. The normalized spacial score (nSPS) is 18.5. The number of halogens is 5. The average molecular weight is 493 g/mol. The van der Waals surface area contributed by atoms with Crippen LogP contribution in [0, 0.1) is 5.92 Å². The molecule has 1 saturated heterocycles. The number of fused-ring (bicyclic) bond motifs is 1. The van der Waals surface area contributed by atoms with Gasteiger partial charge < -0.3 is 15.4 Å². The molecule has 0 aliphatic carbocycles. The number of pyridine rings is 2. The number of methoxy groups -OCH3 is 1. The minimum absolute atomic E-state index is 0.152. The van der Waals surface area contributed by atoms with Gasteiger partial charge in [-0.3, -0.25) is 4.40 Å². The maximum Gasteiger partial charge on any atom is 0.395 e. The summed E-state index contributed by atoms with van der Waals surface area (Å²) in [6.45, 7) is -2.77. The zero-order valence-electron chi connectivity index (χ0n) is 18.3. The van der Waals surface area contributed by atoms with Crippen molar-refractivity contribution in [3.05, 3.63) is 49.1 Å². The fraction of sp³-hybridized carbons (Fsp3) is 0.318. The summed E-state index contributed by atoms with van der Waals surface area (Å²) in [6, 6.07) is 5.81. The topological polar surface area (TPSA) is 81.3 Å². The van der Waals surface area contributed by atoms with Crippen LogP contribution in [0.2, 0.25) is 0 Å². The van der Waals surface area contributed by atoms with E-state index in [4.69, 9.17) is 4.74 Å². The van der Waals surface area contributed by atoms with Gasteiger partial charge in [-0.1, -0.05) is 6.07 Å². The van der Waals surface area contributed by atoms with Gasteiger partial charge in [0, 0.05) is 42.7 Å². The van der Waals surface area contributed by atoms with E-state index in [2.05, 4.69) is 25.7 Å². The average Bonchev–Trinajstić information content (AvgIpc) is 3.57. The summed E-state index contributed by atoms with van der Waals surface area (Å²) in [4.78, 5) is 8.88. The molecule has 1 fully saturated rings. The Balaban J connectivity index is 1.50. The van der Waals surface area contributed by atoms with Crippen molar-refractivity contribution >= 4 is 11.5 Å². The highest BCUT2D eigenvalue weighted by molar-refractivity contribution is 5.73. The van der Waals surface area contributed by atoms with Crippen LogP contribution < -0.4 is 15.4 Å². The monoisotopic (exact) mass is 493 g/mol. The van der Waals surface area contributed by atoms with E-state index >= 15 is 0 Å². The number of aromatic nitrogens is 5. The first kappa shape index (κ1) is 23.0. The van der Waals surface area contributed by atoms with Gasteiger partial charge in [0.1, 0.15) is 17.2 Å². The second kappa shape index (κ2) is 8.80. The van der Waals surface area contributed by atoms with Crippen LogP contribution in [0.25, 0.3) is 28.2 Å². The number of anilines is 1. The predicted octanol–water partition coefficient (Wildman–Crippen LogP) is 4.23. The van der Waals surface area contributed by atoms with Crippen LogP contribution in [0.15, 0.2) is 49.1 Å². The minimum atomic E-state index is -4.33. The molecule has 2 unspecified atom stereocenters. The molecule has 13 heteroatoms. The number of hydrogen-bond acceptors (Lipinski definition) is 6. The lowest BCUT2D eigenvalue weighted by atomic mass is 10.0. The fourth-order valence-electron chi connectivity index (χ4n) is 4.19. The van der Waals surface area contributed by atoms with Crippen LogP contribution in [0.1, 0.15) is 6.55 Å². The van der Waals surface area contributed by atoms with Crippen molar-refractivity contribution in [3.63, 3.8) is 0 Å². The van der Waals surface area contributed by atoms with Crippen LogP contribution >= 0.6 is 0 Å². The molecular weight excluding hydrogens is 473 g/mol. The zero-order valence-corrected chi connectivity index (χ0v) is 18.3. The smallest absolute Gasteiger partial charge is 0.395 e. The van der Waals surface area contributed by atoms with Crippen LogP contribution in [-0.4, -0.2) is 56.6 Å². The zero-order chi connectivity index (χ0) is 24.7. The predicted molar refractivity (Wildman–Crippen MR) is 117 cm³/mol. The van der Waals surface area contributed by atoms with E-state index in [1.165, 1.54) is 19.5 Å². The van der Waals surface area contributed by atoms with Gasteiger partial charge in [0.15, 0.2) is 0 Å². The molecule has 0 spiro atoms. The van der Waals surface area contributed by atoms with Crippen LogP contribution in [0.3, 0.4) is 0 Å². The number of imidazole rings is 1. The summed E-state index contributed by atoms with van der Waals surface area (Å²) >= 11 is 0. The Morgan fingerprint density at radius 2 is 2.00 bits per heavy atom. The second-order valence-corrected chi connectivity index (χ2v) is 8.08. The SMILES string of the molecule is COc1cc2ncc(-c3cccc(NC4CNCC4C(F)(F)F)n3)n2cc1-c1cnn(C(F)F)c1. The highest BCUT2D eigenvalue weighted by Crippen LogP contribution is 2.34. The summed E-state index contributed by atoms with van der Waals surface area (Å²) in [5, 5.41) is 9.34. The largest absolute Gasteiger partial charge is 0.496 e. The summed E-state index contributed by atoms with van der Waals surface area (Å²) in [5.74, 6) is -0.806. The lowest BCUT2D eigenvalue weighted by molar-refractivity contribution is -0.170. The first-order valence-electron chi connectivity index (χ1n) is 10.6. The third kappa shape index (κ3) is 4.38. The number of nitrogens with one attached hydrogen (secondary N) is 2. The molecule has 1 aliphatic rings. The third-order valence-corrected chi connectivity index (χ3v) is 5.92. The summed E-state index contributed by atoms with van der Waals surface area (Å²) in [7, 11) is 1.46. The Morgan fingerprint density at radius 3 is 2.71 bits per heavy atom. The Kier molecular flexibility index (Phi) is 5.79. The maximum atomic E-state index is 13.3. The van der Waals surface area contributed by atoms with E-state index in [-0.39, 0.29) is 13.1 Å². The van der Waals surface area contributed by atoms with Gasteiger partial charge >= 0.3 is 12.7 Å². The number of hydrogen-bond donors (Lipinski definition) is 2. The summed E-state index contributed by atoms with van der Waals surface area (Å²) < 4.78 is 73.6. The Bertz CT molecular complexity index is 1350. The quantitative estimate of drug-likeness (QED) is 0.392. The van der Waals surface area contributed by atoms with E-state index in [0.29, 0.717) is 44.4 Å². The number of nitrogens with zero attached hydrogens (tertiary/aromatic N) is 5. The molecule has 0 aromatic carbocycles. The van der Waals surface area contributed by atoms with Crippen molar-refractivity contribution in [3.8, 4) is 28.3 Å². The molecule has 4 aromatic heterocycles. The molecule has 5 rings (SSSR count). The lowest BCUT2D eigenvalue weighted by Crippen LogP contribution is -2.38. The van der Waals surface area contributed by atoms with Gasteiger partial charge in [-0.15, -0.1) is 0 Å².